The van der Waals surface area contributed by atoms with E-state index in [-0.39, 0.29) is 6.04 Å². The van der Waals surface area contributed by atoms with E-state index < -0.39 is 0 Å². The minimum atomic E-state index is 0.0276. The van der Waals surface area contributed by atoms with Crippen LogP contribution in [-0.2, 0) is 6.61 Å². The summed E-state index contributed by atoms with van der Waals surface area (Å²) in [4.78, 5) is 0. The first-order valence-corrected chi connectivity index (χ1v) is 6.74. The average Bonchev–Trinajstić information content (AvgIpc) is 2.38. The zero-order valence-corrected chi connectivity index (χ0v) is 12.1. The standard InChI is InChI=1S/C15H15Cl2NO/c1-10(18)11-3-6-14(7-4-11)19-9-12-2-5-13(16)8-15(12)17/h2-8,10H,9,18H2,1H3. The predicted octanol–water partition coefficient (Wildman–Crippen LogP) is 4.59. The molecule has 1 unspecified atom stereocenters. The van der Waals surface area contributed by atoms with Crippen LogP contribution in [0.25, 0.3) is 0 Å². The molecule has 0 amide bonds. The fourth-order valence-electron chi connectivity index (χ4n) is 1.67. The number of hydrogen-bond acceptors (Lipinski definition) is 2. The van der Waals surface area contributed by atoms with E-state index in [4.69, 9.17) is 33.7 Å². The zero-order valence-electron chi connectivity index (χ0n) is 10.6. The molecule has 0 aromatic heterocycles. The number of nitrogens with two attached hydrogens (primary N) is 1. The van der Waals surface area contributed by atoms with E-state index in [9.17, 15) is 0 Å². The molecule has 19 heavy (non-hydrogen) atoms. The highest BCUT2D eigenvalue weighted by Gasteiger charge is 2.03. The second kappa shape index (κ2) is 6.29. The van der Waals surface area contributed by atoms with Crippen molar-refractivity contribution in [2.24, 2.45) is 5.73 Å². The van der Waals surface area contributed by atoms with Crippen LogP contribution in [0.15, 0.2) is 42.5 Å². The van der Waals surface area contributed by atoms with Crippen molar-refractivity contribution in [1.29, 1.82) is 0 Å². The fraction of sp³-hybridized carbons (Fsp3) is 0.200. The Morgan fingerprint density at radius 1 is 1.11 bits per heavy atom. The third kappa shape index (κ3) is 3.87. The summed E-state index contributed by atoms with van der Waals surface area (Å²) in [7, 11) is 0. The van der Waals surface area contributed by atoms with Gasteiger partial charge in [0.1, 0.15) is 12.4 Å². The maximum atomic E-state index is 6.08. The molecule has 0 fully saturated rings. The molecule has 0 heterocycles. The molecular formula is C15H15Cl2NO. The second-order valence-electron chi connectivity index (χ2n) is 4.38. The molecule has 4 heteroatoms. The first-order valence-electron chi connectivity index (χ1n) is 5.98. The Kier molecular flexibility index (Phi) is 4.70. The Hall–Kier alpha value is -1.22. The summed E-state index contributed by atoms with van der Waals surface area (Å²) in [6.45, 7) is 2.36. The summed E-state index contributed by atoms with van der Waals surface area (Å²) >= 11 is 11.9. The molecule has 2 aromatic rings. The molecule has 0 aliphatic carbocycles. The maximum Gasteiger partial charge on any atom is 0.119 e. The van der Waals surface area contributed by atoms with Gasteiger partial charge in [-0.2, -0.15) is 0 Å². The first kappa shape index (κ1) is 14.2. The molecule has 0 aliphatic rings. The number of ether oxygens (including phenoxy) is 1. The lowest BCUT2D eigenvalue weighted by Crippen LogP contribution is -2.04. The summed E-state index contributed by atoms with van der Waals surface area (Å²) in [6.07, 6.45) is 0. The third-order valence-electron chi connectivity index (χ3n) is 2.82. The lowest BCUT2D eigenvalue weighted by Gasteiger charge is -2.10. The van der Waals surface area contributed by atoms with Crippen LogP contribution < -0.4 is 10.5 Å². The normalized spacial score (nSPS) is 12.2. The number of halogens is 2. The second-order valence-corrected chi connectivity index (χ2v) is 5.23. The Morgan fingerprint density at radius 3 is 2.37 bits per heavy atom. The Bertz CT molecular complexity index is 553. The molecule has 0 spiro atoms. The van der Waals surface area contributed by atoms with Gasteiger partial charge in [-0.1, -0.05) is 41.4 Å². The highest BCUT2D eigenvalue weighted by Crippen LogP contribution is 2.23. The molecule has 2 N–H and O–H groups in total. The van der Waals surface area contributed by atoms with Crippen LogP contribution >= 0.6 is 23.2 Å². The topological polar surface area (TPSA) is 35.2 Å². The van der Waals surface area contributed by atoms with Crippen molar-refractivity contribution in [3.8, 4) is 5.75 Å². The Morgan fingerprint density at radius 2 is 1.79 bits per heavy atom. The number of hydrogen-bond donors (Lipinski definition) is 1. The van der Waals surface area contributed by atoms with E-state index in [0.29, 0.717) is 16.7 Å². The molecule has 0 saturated carbocycles. The predicted molar refractivity (Wildman–Crippen MR) is 79.8 cm³/mol. The maximum absolute atomic E-state index is 6.08. The van der Waals surface area contributed by atoms with Gasteiger partial charge in [0.05, 0.1) is 0 Å². The van der Waals surface area contributed by atoms with Crippen molar-refractivity contribution in [3.63, 3.8) is 0 Å². The molecule has 2 aromatic carbocycles. The highest BCUT2D eigenvalue weighted by atomic mass is 35.5. The van der Waals surface area contributed by atoms with Gasteiger partial charge in [0.2, 0.25) is 0 Å². The largest absolute Gasteiger partial charge is 0.489 e. The van der Waals surface area contributed by atoms with Gasteiger partial charge < -0.3 is 10.5 Å². The summed E-state index contributed by atoms with van der Waals surface area (Å²) in [6, 6.07) is 13.1. The molecular weight excluding hydrogens is 281 g/mol. The van der Waals surface area contributed by atoms with E-state index in [1.807, 2.05) is 37.3 Å². The summed E-state index contributed by atoms with van der Waals surface area (Å²) in [5, 5.41) is 1.23. The lowest BCUT2D eigenvalue weighted by molar-refractivity contribution is 0.306. The van der Waals surface area contributed by atoms with Crippen LogP contribution in [-0.4, -0.2) is 0 Å². The number of rotatable bonds is 4. The SMILES string of the molecule is CC(N)c1ccc(OCc2ccc(Cl)cc2Cl)cc1. The molecule has 0 aliphatic heterocycles. The van der Waals surface area contributed by atoms with Gasteiger partial charge in [-0.05, 0) is 36.8 Å². The number of benzene rings is 2. The van der Waals surface area contributed by atoms with Crippen molar-refractivity contribution in [1.82, 2.24) is 0 Å². The van der Waals surface area contributed by atoms with Gasteiger partial charge in [-0.25, -0.2) is 0 Å². The molecule has 1 atom stereocenters. The molecule has 0 bridgehead atoms. The minimum Gasteiger partial charge on any atom is -0.489 e. The quantitative estimate of drug-likeness (QED) is 0.895. The van der Waals surface area contributed by atoms with Gasteiger partial charge in [-0.15, -0.1) is 0 Å². The van der Waals surface area contributed by atoms with Crippen LogP contribution in [0.5, 0.6) is 5.75 Å². The fourth-order valence-corrected chi connectivity index (χ4v) is 2.13. The van der Waals surface area contributed by atoms with Gasteiger partial charge >= 0.3 is 0 Å². The summed E-state index contributed by atoms with van der Waals surface area (Å²) < 4.78 is 5.68. The zero-order chi connectivity index (χ0) is 13.8. The van der Waals surface area contributed by atoms with Crippen molar-refractivity contribution in [2.45, 2.75) is 19.6 Å². The smallest absolute Gasteiger partial charge is 0.119 e. The van der Waals surface area contributed by atoms with Crippen molar-refractivity contribution in [3.05, 3.63) is 63.6 Å². The van der Waals surface area contributed by atoms with Crippen molar-refractivity contribution >= 4 is 23.2 Å². The average molecular weight is 296 g/mol. The van der Waals surface area contributed by atoms with Crippen molar-refractivity contribution in [2.75, 3.05) is 0 Å². The van der Waals surface area contributed by atoms with Gasteiger partial charge in [0.15, 0.2) is 0 Å². The van der Waals surface area contributed by atoms with E-state index in [0.717, 1.165) is 16.9 Å². The first-order chi connectivity index (χ1) is 9.06. The van der Waals surface area contributed by atoms with Crippen LogP contribution in [0.1, 0.15) is 24.1 Å². The van der Waals surface area contributed by atoms with E-state index in [1.165, 1.54) is 0 Å². The van der Waals surface area contributed by atoms with Crippen LogP contribution in [0, 0.1) is 0 Å². The lowest BCUT2D eigenvalue weighted by atomic mass is 10.1. The molecule has 100 valence electrons. The van der Waals surface area contributed by atoms with E-state index in [1.54, 1.807) is 12.1 Å². The van der Waals surface area contributed by atoms with Gasteiger partial charge in [0.25, 0.3) is 0 Å². The van der Waals surface area contributed by atoms with Crippen LogP contribution in [0.4, 0.5) is 0 Å². The monoisotopic (exact) mass is 295 g/mol. The molecule has 2 nitrogen and oxygen atoms in total. The Labute approximate surface area is 123 Å². The van der Waals surface area contributed by atoms with E-state index >= 15 is 0 Å². The van der Waals surface area contributed by atoms with Gasteiger partial charge in [-0.3, -0.25) is 0 Å². The Balaban J connectivity index is 2.02. The summed E-state index contributed by atoms with van der Waals surface area (Å²) in [5.41, 5.74) is 7.78. The third-order valence-corrected chi connectivity index (χ3v) is 3.40. The molecule has 0 saturated heterocycles. The minimum absolute atomic E-state index is 0.0276. The highest BCUT2D eigenvalue weighted by molar-refractivity contribution is 6.35. The molecule has 2 rings (SSSR count). The van der Waals surface area contributed by atoms with E-state index in [2.05, 4.69) is 0 Å². The van der Waals surface area contributed by atoms with Gasteiger partial charge in [0, 0.05) is 21.7 Å². The summed E-state index contributed by atoms with van der Waals surface area (Å²) in [5.74, 6) is 0.787. The van der Waals surface area contributed by atoms with Crippen LogP contribution in [0.2, 0.25) is 10.0 Å². The molecule has 0 radical (unpaired) electrons. The van der Waals surface area contributed by atoms with Crippen molar-refractivity contribution < 1.29 is 4.74 Å². The van der Waals surface area contributed by atoms with Crippen LogP contribution in [0.3, 0.4) is 0 Å².